The molecule has 0 fully saturated rings. The summed E-state index contributed by atoms with van der Waals surface area (Å²) in [5.41, 5.74) is 4.49. The average Bonchev–Trinajstić information content (AvgIpc) is 3.39. The van der Waals surface area contributed by atoms with Crippen molar-refractivity contribution < 1.29 is 33.0 Å². The van der Waals surface area contributed by atoms with Gasteiger partial charge in [0.15, 0.2) is 0 Å². The van der Waals surface area contributed by atoms with Crippen LogP contribution in [0.4, 0.5) is 10.5 Å². The zero-order chi connectivity index (χ0) is 30.3. The maximum Gasteiger partial charge on any atom is 0.407 e. The van der Waals surface area contributed by atoms with Crippen molar-refractivity contribution in [2.24, 2.45) is 0 Å². The van der Waals surface area contributed by atoms with E-state index in [1.807, 2.05) is 30.3 Å². The molecule has 220 valence electrons. The quantitative estimate of drug-likeness (QED) is 0.216. The van der Waals surface area contributed by atoms with Gasteiger partial charge in [0.2, 0.25) is 5.91 Å². The minimum absolute atomic E-state index is 0.0344. The average molecular weight is 574 g/mol. The summed E-state index contributed by atoms with van der Waals surface area (Å²) in [4.78, 5) is 40.3. The number of furan rings is 1. The van der Waals surface area contributed by atoms with E-state index in [4.69, 9.17) is 18.6 Å². The number of benzene rings is 2. The minimum atomic E-state index is -0.600. The first kappa shape index (κ1) is 30.1. The fraction of sp³-hybridized carbons (Fsp3) is 0.312. The fourth-order valence-electron chi connectivity index (χ4n) is 4.31. The number of hydrogen-bond donors (Lipinski definition) is 2. The standard InChI is InChI=1S/C32H35N3O7/c1-6-39-29(37)16-23-7-8-25(35-20(2)36)17-28(23)41-19-21-13-24-10-12-40-30(24)27(14-21)22-9-11-33-26(15-22)18-34-31(38)42-32(3,4)5/h7-15,17H,6,16,18-19H2,1-5H3,(H,34,38)(H,35,36). The van der Waals surface area contributed by atoms with Crippen molar-refractivity contribution in [2.45, 2.75) is 59.8 Å². The second-order valence-electron chi connectivity index (χ2n) is 10.6. The summed E-state index contributed by atoms with van der Waals surface area (Å²) in [5.74, 6) is -0.124. The third-order valence-corrected chi connectivity index (χ3v) is 5.97. The molecule has 10 nitrogen and oxygen atoms in total. The third kappa shape index (κ3) is 8.33. The topological polar surface area (TPSA) is 129 Å². The molecular weight excluding hydrogens is 538 g/mol. The van der Waals surface area contributed by atoms with Gasteiger partial charge in [-0.05, 0) is 75.2 Å². The molecule has 10 heteroatoms. The lowest BCUT2D eigenvalue weighted by Crippen LogP contribution is -2.32. The molecule has 0 unspecified atom stereocenters. The van der Waals surface area contributed by atoms with E-state index in [9.17, 15) is 14.4 Å². The molecule has 2 N–H and O–H groups in total. The third-order valence-electron chi connectivity index (χ3n) is 5.97. The van der Waals surface area contributed by atoms with E-state index in [0.29, 0.717) is 28.3 Å². The Bertz CT molecular complexity index is 1590. The van der Waals surface area contributed by atoms with E-state index in [1.54, 1.807) is 58.4 Å². The summed E-state index contributed by atoms with van der Waals surface area (Å²) < 4.78 is 22.4. The van der Waals surface area contributed by atoms with Crippen LogP contribution in [-0.2, 0) is 38.6 Å². The molecule has 0 spiro atoms. The number of alkyl carbamates (subject to hydrolysis) is 1. The van der Waals surface area contributed by atoms with Crippen molar-refractivity contribution in [3.05, 3.63) is 77.8 Å². The van der Waals surface area contributed by atoms with Crippen molar-refractivity contribution >= 4 is 34.6 Å². The van der Waals surface area contributed by atoms with Crippen LogP contribution in [0.2, 0.25) is 0 Å². The van der Waals surface area contributed by atoms with Crippen LogP contribution >= 0.6 is 0 Å². The minimum Gasteiger partial charge on any atom is -0.489 e. The van der Waals surface area contributed by atoms with Crippen molar-refractivity contribution in [1.82, 2.24) is 10.3 Å². The number of rotatable bonds is 10. The monoisotopic (exact) mass is 573 g/mol. The van der Waals surface area contributed by atoms with Gasteiger partial charge in [-0.3, -0.25) is 14.6 Å². The molecule has 0 saturated heterocycles. The largest absolute Gasteiger partial charge is 0.489 e. The number of ether oxygens (including phenoxy) is 3. The Hall–Kier alpha value is -4.86. The summed E-state index contributed by atoms with van der Waals surface area (Å²) in [6, 6.07) is 14.7. The molecule has 0 radical (unpaired) electrons. The molecule has 0 bridgehead atoms. The van der Waals surface area contributed by atoms with E-state index in [1.165, 1.54) is 6.92 Å². The maximum absolute atomic E-state index is 12.2. The molecule has 0 atom stereocenters. The number of fused-ring (bicyclic) bond motifs is 1. The van der Waals surface area contributed by atoms with Crippen molar-refractivity contribution in [3.8, 4) is 16.9 Å². The van der Waals surface area contributed by atoms with Crippen molar-refractivity contribution in [3.63, 3.8) is 0 Å². The SMILES string of the molecule is CCOC(=O)Cc1ccc(NC(C)=O)cc1OCc1cc(-c2ccnc(CNC(=O)OC(C)(C)C)c2)c2occc2c1. The number of nitrogens with one attached hydrogen (secondary N) is 2. The predicted octanol–water partition coefficient (Wildman–Crippen LogP) is 6.16. The van der Waals surface area contributed by atoms with E-state index >= 15 is 0 Å². The number of aromatic nitrogens is 1. The Morgan fingerprint density at radius 3 is 2.57 bits per heavy atom. The first-order valence-corrected chi connectivity index (χ1v) is 13.6. The number of anilines is 1. The highest BCUT2D eigenvalue weighted by molar-refractivity contribution is 5.93. The van der Waals surface area contributed by atoms with Gasteiger partial charge in [-0.25, -0.2) is 4.79 Å². The van der Waals surface area contributed by atoms with Crippen LogP contribution in [-0.4, -0.2) is 35.2 Å². The summed E-state index contributed by atoms with van der Waals surface area (Å²) in [6.07, 6.45) is 2.81. The van der Waals surface area contributed by atoms with E-state index in [0.717, 1.165) is 22.1 Å². The molecule has 4 aromatic rings. The number of esters is 1. The number of carbonyl (C=O) groups excluding carboxylic acids is 3. The molecule has 2 amide bonds. The van der Waals surface area contributed by atoms with Gasteiger partial charge in [0.1, 0.15) is 23.5 Å². The summed E-state index contributed by atoms with van der Waals surface area (Å²) in [5, 5.41) is 6.36. The van der Waals surface area contributed by atoms with Gasteiger partial charge in [0.25, 0.3) is 0 Å². The molecule has 2 aromatic carbocycles. The molecular formula is C32H35N3O7. The Labute approximate surface area is 244 Å². The summed E-state index contributed by atoms with van der Waals surface area (Å²) >= 11 is 0. The number of carbonyl (C=O) groups is 3. The molecule has 2 aromatic heterocycles. The van der Waals surface area contributed by atoms with Gasteiger partial charge < -0.3 is 29.3 Å². The van der Waals surface area contributed by atoms with Crippen LogP contribution in [0.3, 0.4) is 0 Å². The molecule has 0 aliphatic heterocycles. The Morgan fingerprint density at radius 1 is 1.02 bits per heavy atom. The molecule has 0 saturated carbocycles. The van der Waals surface area contributed by atoms with Gasteiger partial charge in [0.05, 0.1) is 31.5 Å². The molecule has 4 rings (SSSR count). The fourth-order valence-corrected chi connectivity index (χ4v) is 4.31. The van der Waals surface area contributed by atoms with Crippen LogP contribution < -0.4 is 15.4 Å². The highest BCUT2D eigenvalue weighted by atomic mass is 16.6. The van der Waals surface area contributed by atoms with Gasteiger partial charge >= 0.3 is 12.1 Å². The lowest BCUT2D eigenvalue weighted by atomic mass is 10.0. The number of nitrogens with zero attached hydrogens (tertiary/aromatic N) is 1. The molecule has 42 heavy (non-hydrogen) atoms. The summed E-state index contributed by atoms with van der Waals surface area (Å²) in [7, 11) is 0. The first-order valence-electron chi connectivity index (χ1n) is 13.6. The van der Waals surface area contributed by atoms with Gasteiger partial charge in [-0.2, -0.15) is 0 Å². The number of hydrogen-bond acceptors (Lipinski definition) is 8. The van der Waals surface area contributed by atoms with Gasteiger partial charge in [-0.15, -0.1) is 0 Å². The highest BCUT2D eigenvalue weighted by Crippen LogP contribution is 2.32. The number of amides is 2. The van der Waals surface area contributed by atoms with Crippen molar-refractivity contribution in [2.75, 3.05) is 11.9 Å². The van der Waals surface area contributed by atoms with E-state index < -0.39 is 11.7 Å². The zero-order valence-corrected chi connectivity index (χ0v) is 24.4. The second-order valence-corrected chi connectivity index (χ2v) is 10.6. The smallest absolute Gasteiger partial charge is 0.407 e. The van der Waals surface area contributed by atoms with E-state index in [-0.39, 0.29) is 38.1 Å². The van der Waals surface area contributed by atoms with Gasteiger partial charge in [0, 0.05) is 41.4 Å². The Morgan fingerprint density at radius 2 is 1.83 bits per heavy atom. The zero-order valence-electron chi connectivity index (χ0n) is 24.4. The van der Waals surface area contributed by atoms with Crippen LogP contribution in [0, 0.1) is 0 Å². The van der Waals surface area contributed by atoms with Crippen LogP contribution in [0.25, 0.3) is 22.1 Å². The predicted molar refractivity (Wildman–Crippen MR) is 158 cm³/mol. The second kappa shape index (κ2) is 13.2. The summed E-state index contributed by atoms with van der Waals surface area (Å²) in [6.45, 7) is 9.24. The van der Waals surface area contributed by atoms with E-state index in [2.05, 4.69) is 15.6 Å². The van der Waals surface area contributed by atoms with Crippen LogP contribution in [0.5, 0.6) is 5.75 Å². The lowest BCUT2D eigenvalue weighted by molar-refractivity contribution is -0.142. The molecule has 0 aliphatic rings. The van der Waals surface area contributed by atoms with Crippen LogP contribution in [0.1, 0.15) is 51.4 Å². The Kier molecular flexibility index (Phi) is 9.46. The number of pyridine rings is 1. The molecule has 2 heterocycles. The Balaban J connectivity index is 1.58. The highest BCUT2D eigenvalue weighted by Gasteiger charge is 2.17. The normalized spacial score (nSPS) is 11.2. The van der Waals surface area contributed by atoms with Gasteiger partial charge in [-0.1, -0.05) is 6.07 Å². The first-order chi connectivity index (χ1) is 20.0. The van der Waals surface area contributed by atoms with Crippen LogP contribution in [0.15, 0.2) is 65.4 Å². The molecule has 0 aliphatic carbocycles. The van der Waals surface area contributed by atoms with Crippen molar-refractivity contribution in [1.29, 1.82) is 0 Å². The lowest BCUT2D eigenvalue weighted by Gasteiger charge is -2.19. The maximum atomic E-state index is 12.2.